The highest BCUT2D eigenvalue weighted by molar-refractivity contribution is 6.13. The number of carbonyl (C=O) groups is 3. The van der Waals surface area contributed by atoms with Crippen LogP contribution in [0.15, 0.2) is 36.4 Å². The fourth-order valence-electron chi connectivity index (χ4n) is 3.23. The van der Waals surface area contributed by atoms with Crippen LogP contribution in [-0.2, 0) is 30.3 Å². The molecule has 1 saturated heterocycles. The molecule has 0 radical (unpaired) electrons. The van der Waals surface area contributed by atoms with Gasteiger partial charge in [0.25, 0.3) is 0 Å². The first-order valence-corrected chi connectivity index (χ1v) is 8.54. The molecule has 0 saturated carbocycles. The van der Waals surface area contributed by atoms with Gasteiger partial charge in [0, 0.05) is 18.2 Å². The van der Waals surface area contributed by atoms with Crippen molar-refractivity contribution in [3.8, 4) is 0 Å². The average Bonchev–Trinajstić information content (AvgIpc) is 2.60. The molecular weight excluding hydrogens is 334 g/mol. The van der Waals surface area contributed by atoms with Crippen molar-refractivity contribution >= 4 is 23.3 Å². The molecule has 2 rings (SSSR count). The maximum absolute atomic E-state index is 12.7. The van der Waals surface area contributed by atoms with E-state index >= 15 is 0 Å². The Morgan fingerprint density at radius 1 is 1.38 bits per heavy atom. The Hall–Kier alpha value is -2.47. The number of anilines is 1. The third kappa shape index (κ3) is 3.85. The molecule has 1 fully saturated rings. The number of rotatable bonds is 5. The molecule has 1 amide bonds. The van der Waals surface area contributed by atoms with E-state index in [0.717, 1.165) is 5.56 Å². The van der Waals surface area contributed by atoms with Gasteiger partial charge in [-0.05, 0) is 44.4 Å². The summed E-state index contributed by atoms with van der Waals surface area (Å²) in [5.74, 6) is -1.10. The Labute approximate surface area is 153 Å². The maximum atomic E-state index is 12.7. The Morgan fingerprint density at radius 3 is 2.69 bits per heavy atom. The maximum Gasteiger partial charge on any atom is 0.322 e. The van der Waals surface area contributed by atoms with Crippen LogP contribution in [-0.4, -0.2) is 37.0 Å². The number of amides is 1. The first-order valence-electron chi connectivity index (χ1n) is 8.54. The molecule has 6 heteroatoms. The molecule has 0 aliphatic carbocycles. The molecule has 0 bridgehead atoms. The Kier molecular flexibility index (Phi) is 5.97. The van der Waals surface area contributed by atoms with Gasteiger partial charge in [-0.15, -0.1) is 0 Å². The van der Waals surface area contributed by atoms with Gasteiger partial charge in [0.05, 0.1) is 19.3 Å². The third-order valence-corrected chi connectivity index (χ3v) is 4.82. The Balaban J connectivity index is 2.20. The van der Waals surface area contributed by atoms with Crippen molar-refractivity contribution in [1.82, 2.24) is 0 Å². The van der Waals surface area contributed by atoms with Gasteiger partial charge in [0.15, 0.2) is 11.2 Å². The smallest absolute Gasteiger partial charge is 0.322 e. The zero-order valence-electron chi connectivity index (χ0n) is 15.6. The van der Waals surface area contributed by atoms with Crippen LogP contribution in [0, 0.1) is 5.41 Å². The van der Waals surface area contributed by atoms with Crippen molar-refractivity contribution in [2.45, 2.75) is 45.8 Å². The lowest BCUT2D eigenvalue weighted by Gasteiger charge is -2.41. The van der Waals surface area contributed by atoms with Crippen LogP contribution in [0.5, 0.6) is 0 Å². The molecule has 0 spiro atoms. The standard InChI is InChI=1S/C20H25NO5/c1-12-13(2)26-17(20(4,18(12)23)19(24)25-5)10-9-15-7-6-8-16(11-15)21-14(3)22/h6-8,11,13,17H,1,9-10H2,2-5H3,(H,21,22). The number of ether oxygens (including phenoxy) is 2. The summed E-state index contributed by atoms with van der Waals surface area (Å²) < 4.78 is 10.8. The van der Waals surface area contributed by atoms with Crippen LogP contribution in [0.2, 0.25) is 0 Å². The van der Waals surface area contributed by atoms with E-state index in [0.29, 0.717) is 18.5 Å². The minimum Gasteiger partial charge on any atom is -0.468 e. The summed E-state index contributed by atoms with van der Waals surface area (Å²) in [4.78, 5) is 36.3. The zero-order chi connectivity index (χ0) is 19.5. The predicted molar refractivity (Wildman–Crippen MR) is 97.7 cm³/mol. The molecule has 1 heterocycles. The third-order valence-electron chi connectivity index (χ3n) is 4.82. The van der Waals surface area contributed by atoms with Gasteiger partial charge in [-0.1, -0.05) is 18.7 Å². The van der Waals surface area contributed by atoms with Gasteiger partial charge in [-0.25, -0.2) is 0 Å². The molecule has 26 heavy (non-hydrogen) atoms. The quantitative estimate of drug-likeness (QED) is 0.497. The van der Waals surface area contributed by atoms with E-state index in [9.17, 15) is 14.4 Å². The van der Waals surface area contributed by atoms with E-state index in [2.05, 4.69) is 11.9 Å². The SMILES string of the molecule is C=C1C(=O)C(C)(C(=O)OC)C(CCc2cccc(NC(C)=O)c2)OC1C. The predicted octanol–water partition coefficient (Wildman–Crippen LogP) is 2.67. The van der Waals surface area contributed by atoms with Gasteiger partial charge in [-0.2, -0.15) is 0 Å². The molecular formula is C20H25NO5. The van der Waals surface area contributed by atoms with Crippen LogP contribution in [0.25, 0.3) is 0 Å². The molecule has 0 aromatic heterocycles. The van der Waals surface area contributed by atoms with Crippen LogP contribution in [0.4, 0.5) is 5.69 Å². The molecule has 1 aromatic carbocycles. The second-order valence-corrected chi connectivity index (χ2v) is 6.74. The fourth-order valence-corrected chi connectivity index (χ4v) is 3.23. The first kappa shape index (κ1) is 19.8. The van der Waals surface area contributed by atoms with Gasteiger partial charge in [0.2, 0.25) is 5.91 Å². The van der Waals surface area contributed by atoms with E-state index in [1.807, 2.05) is 18.2 Å². The zero-order valence-corrected chi connectivity index (χ0v) is 15.6. The highest BCUT2D eigenvalue weighted by Gasteiger charge is 2.54. The lowest BCUT2D eigenvalue weighted by Crippen LogP contribution is -2.55. The number of methoxy groups -OCH3 is 1. The summed E-state index contributed by atoms with van der Waals surface area (Å²) in [5.41, 5.74) is 0.541. The lowest BCUT2D eigenvalue weighted by molar-refractivity contribution is -0.175. The summed E-state index contributed by atoms with van der Waals surface area (Å²) in [6.45, 7) is 8.51. The number of benzene rings is 1. The number of nitrogens with one attached hydrogen (secondary N) is 1. The van der Waals surface area contributed by atoms with Crippen molar-refractivity contribution < 1.29 is 23.9 Å². The Bertz CT molecular complexity index is 741. The summed E-state index contributed by atoms with van der Waals surface area (Å²) in [6, 6.07) is 7.44. The largest absolute Gasteiger partial charge is 0.468 e. The number of hydrogen-bond acceptors (Lipinski definition) is 5. The summed E-state index contributed by atoms with van der Waals surface area (Å²) in [7, 11) is 1.26. The van der Waals surface area contributed by atoms with E-state index in [4.69, 9.17) is 9.47 Å². The number of Topliss-reactive ketones (excluding diaryl/α,β-unsaturated/α-hetero) is 1. The summed E-state index contributed by atoms with van der Waals surface area (Å²) >= 11 is 0. The van der Waals surface area contributed by atoms with E-state index in [-0.39, 0.29) is 17.3 Å². The van der Waals surface area contributed by atoms with Crippen molar-refractivity contribution in [2.24, 2.45) is 5.41 Å². The van der Waals surface area contributed by atoms with Crippen LogP contribution < -0.4 is 5.32 Å². The van der Waals surface area contributed by atoms with Crippen LogP contribution in [0.1, 0.15) is 32.8 Å². The van der Waals surface area contributed by atoms with E-state index in [1.54, 1.807) is 19.9 Å². The topological polar surface area (TPSA) is 81.7 Å². The van der Waals surface area contributed by atoms with Crippen LogP contribution >= 0.6 is 0 Å². The van der Waals surface area contributed by atoms with Gasteiger partial charge < -0.3 is 14.8 Å². The molecule has 1 aromatic rings. The van der Waals surface area contributed by atoms with Crippen molar-refractivity contribution in [2.75, 3.05) is 12.4 Å². The molecule has 1 aliphatic rings. The molecule has 1 N–H and O–H groups in total. The number of aryl methyl sites for hydroxylation is 1. The highest BCUT2D eigenvalue weighted by Crippen LogP contribution is 2.39. The van der Waals surface area contributed by atoms with Crippen molar-refractivity contribution in [3.05, 3.63) is 42.0 Å². The number of ketones is 1. The second kappa shape index (κ2) is 7.83. The number of carbonyl (C=O) groups excluding carboxylic acids is 3. The summed E-state index contributed by atoms with van der Waals surface area (Å²) in [5, 5.41) is 2.74. The second-order valence-electron chi connectivity index (χ2n) is 6.74. The van der Waals surface area contributed by atoms with E-state index < -0.39 is 23.6 Å². The Morgan fingerprint density at radius 2 is 2.08 bits per heavy atom. The molecule has 6 nitrogen and oxygen atoms in total. The lowest BCUT2D eigenvalue weighted by atomic mass is 9.72. The van der Waals surface area contributed by atoms with Crippen molar-refractivity contribution in [1.29, 1.82) is 0 Å². The van der Waals surface area contributed by atoms with Gasteiger partial charge in [0.1, 0.15) is 0 Å². The average molecular weight is 359 g/mol. The minimum absolute atomic E-state index is 0.144. The van der Waals surface area contributed by atoms with Crippen molar-refractivity contribution in [3.63, 3.8) is 0 Å². The van der Waals surface area contributed by atoms with Crippen LogP contribution in [0.3, 0.4) is 0 Å². The van der Waals surface area contributed by atoms with E-state index in [1.165, 1.54) is 14.0 Å². The normalized spacial score (nSPS) is 25.7. The molecule has 140 valence electrons. The number of hydrogen-bond donors (Lipinski definition) is 1. The molecule has 3 atom stereocenters. The number of esters is 1. The van der Waals surface area contributed by atoms with Gasteiger partial charge in [-0.3, -0.25) is 14.4 Å². The monoisotopic (exact) mass is 359 g/mol. The minimum atomic E-state index is -1.41. The highest BCUT2D eigenvalue weighted by atomic mass is 16.5. The molecule has 3 unspecified atom stereocenters. The fraction of sp³-hybridized carbons (Fsp3) is 0.450. The molecule has 1 aliphatic heterocycles. The van der Waals surface area contributed by atoms with Gasteiger partial charge >= 0.3 is 5.97 Å². The first-order chi connectivity index (χ1) is 12.2. The summed E-state index contributed by atoms with van der Waals surface area (Å²) in [6.07, 6.45) is -0.0290.